The van der Waals surface area contributed by atoms with E-state index in [0.29, 0.717) is 42.9 Å². The minimum absolute atomic E-state index is 0. The van der Waals surface area contributed by atoms with Crippen LogP contribution in [0, 0.1) is 5.92 Å². The number of nitrogens with two attached hydrogens (primary N) is 1. The number of nitrogens with one attached hydrogen (secondary N) is 1. The Hall–Kier alpha value is -2.12. The van der Waals surface area contributed by atoms with Crippen LogP contribution in [0.3, 0.4) is 0 Å². The first kappa shape index (κ1) is 22.6. The van der Waals surface area contributed by atoms with Crippen LogP contribution < -0.4 is 15.8 Å². The maximum Gasteiger partial charge on any atom is 0.265 e. The molecule has 0 bridgehead atoms. The lowest BCUT2D eigenvalue weighted by atomic mass is 9.80. The van der Waals surface area contributed by atoms with Crippen LogP contribution in [0.5, 0.6) is 5.75 Å². The number of Topliss-reactive ketones (excluding diaryl/α,β-unsaturated/α-hetero) is 1. The number of carbonyl (C=O) groups excluding carboxylic acids is 3. The number of hydrogen-bond acceptors (Lipinski definition) is 5. The predicted molar refractivity (Wildman–Crippen MR) is 116 cm³/mol. The number of ketones is 1. The van der Waals surface area contributed by atoms with Gasteiger partial charge in [-0.25, -0.2) is 0 Å². The highest BCUT2D eigenvalue weighted by Gasteiger charge is 2.40. The molecule has 30 heavy (non-hydrogen) atoms. The van der Waals surface area contributed by atoms with E-state index < -0.39 is 11.6 Å². The number of ether oxygens (including phenoxy) is 1. The third-order valence-corrected chi connectivity index (χ3v) is 6.52. The molecule has 164 valence electrons. The van der Waals surface area contributed by atoms with Gasteiger partial charge in [-0.3, -0.25) is 14.4 Å². The van der Waals surface area contributed by atoms with E-state index in [1.54, 1.807) is 25.1 Å². The molecule has 1 saturated heterocycles. The first-order valence-electron chi connectivity index (χ1n) is 10.6. The standard InChI is InChI=1S/C22H29N3O4.ClH/c1-14-20(27)24-17-13-16(5-6-18(17)29-14)19(26)15-7-11-25(12-8-15)21(28)22(23)9-3-2-4-10-22;/h5-6,13-15H,2-4,7-12,23H2,1H3,(H,24,27);1H. The van der Waals surface area contributed by atoms with Gasteiger partial charge in [-0.15, -0.1) is 12.4 Å². The molecule has 0 spiro atoms. The first-order chi connectivity index (χ1) is 13.9. The van der Waals surface area contributed by atoms with Crippen molar-refractivity contribution < 1.29 is 19.1 Å². The number of rotatable bonds is 3. The fourth-order valence-corrected chi connectivity index (χ4v) is 4.65. The number of halogens is 1. The minimum Gasteiger partial charge on any atom is -0.479 e. The van der Waals surface area contributed by atoms with E-state index in [9.17, 15) is 14.4 Å². The van der Waals surface area contributed by atoms with Crippen molar-refractivity contribution in [2.45, 2.75) is 63.5 Å². The largest absolute Gasteiger partial charge is 0.479 e. The van der Waals surface area contributed by atoms with Gasteiger partial charge in [-0.05, 0) is 50.8 Å². The molecule has 2 heterocycles. The number of nitrogens with zero attached hydrogens (tertiary/aromatic N) is 1. The summed E-state index contributed by atoms with van der Waals surface area (Å²) < 4.78 is 5.55. The maximum atomic E-state index is 13.0. The molecular formula is C22H30ClN3O4. The first-order valence-corrected chi connectivity index (χ1v) is 10.6. The van der Waals surface area contributed by atoms with Crippen LogP contribution in [0.4, 0.5) is 5.69 Å². The van der Waals surface area contributed by atoms with Crippen LogP contribution in [0.15, 0.2) is 18.2 Å². The highest BCUT2D eigenvalue weighted by molar-refractivity contribution is 6.02. The number of amides is 2. The third-order valence-electron chi connectivity index (χ3n) is 6.52. The molecule has 2 amide bonds. The number of hydrogen-bond donors (Lipinski definition) is 2. The molecule has 1 saturated carbocycles. The van der Waals surface area contributed by atoms with Crippen molar-refractivity contribution in [1.82, 2.24) is 4.90 Å². The SMILES string of the molecule is CC1Oc2ccc(C(=O)C3CCN(C(=O)C4(N)CCCCC4)CC3)cc2NC1=O.Cl. The number of piperidine rings is 1. The summed E-state index contributed by atoms with van der Waals surface area (Å²) in [5.74, 6) is 0.331. The van der Waals surface area contributed by atoms with Crippen molar-refractivity contribution in [2.75, 3.05) is 18.4 Å². The van der Waals surface area contributed by atoms with Crippen molar-refractivity contribution in [2.24, 2.45) is 11.7 Å². The quantitative estimate of drug-likeness (QED) is 0.711. The Morgan fingerprint density at radius 1 is 1.17 bits per heavy atom. The topological polar surface area (TPSA) is 102 Å². The molecule has 2 aliphatic heterocycles. The lowest BCUT2D eigenvalue weighted by molar-refractivity contribution is -0.139. The van der Waals surface area contributed by atoms with E-state index in [1.807, 2.05) is 4.90 Å². The summed E-state index contributed by atoms with van der Waals surface area (Å²) in [4.78, 5) is 39.6. The Morgan fingerprint density at radius 2 is 1.83 bits per heavy atom. The van der Waals surface area contributed by atoms with Crippen LogP contribution in [0.1, 0.15) is 62.2 Å². The molecule has 4 rings (SSSR count). The number of anilines is 1. The van der Waals surface area contributed by atoms with Gasteiger partial charge in [0.05, 0.1) is 11.2 Å². The van der Waals surface area contributed by atoms with Crippen molar-refractivity contribution in [3.63, 3.8) is 0 Å². The summed E-state index contributed by atoms with van der Waals surface area (Å²) in [6.45, 7) is 2.82. The predicted octanol–water partition coefficient (Wildman–Crippen LogP) is 2.91. The average Bonchev–Trinajstić information content (AvgIpc) is 2.74. The van der Waals surface area contributed by atoms with Crippen molar-refractivity contribution >= 4 is 35.7 Å². The zero-order valence-electron chi connectivity index (χ0n) is 17.3. The monoisotopic (exact) mass is 435 g/mol. The van der Waals surface area contributed by atoms with Gasteiger partial charge in [0, 0.05) is 24.6 Å². The molecule has 1 unspecified atom stereocenters. The molecule has 1 aromatic rings. The second-order valence-electron chi connectivity index (χ2n) is 8.61. The van der Waals surface area contributed by atoms with Crippen LogP contribution in [-0.4, -0.2) is 47.2 Å². The Bertz CT molecular complexity index is 830. The van der Waals surface area contributed by atoms with Gasteiger partial charge in [-0.2, -0.15) is 0 Å². The van der Waals surface area contributed by atoms with E-state index in [4.69, 9.17) is 10.5 Å². The molecule has 8 heteroatoms. The second-order valence-corrected chi connectivity index (χ2v) is 8.61. The van der Waals surface area contributed by atoms with Gasteiger partial charge in [0.25, 0.3) is 5.91 Å². The normalized spacial score (nSPS) is 23.5. The van der Waals surface area contributed by atoms with Crippen molar-refractivity contribution in [3.8, 4) is 5.75 Å². The summed E-state index contributed by atoms with van der Waals surface area (Å²) in [5, 5.41) is 2.79. The van der Waals surface area contributed by atoms with Crippen LogP contribution in [-0.2, 0) is 9.59 Å². The fraction of sp³-hybridized carbons (Fsp3) is 0.591. The van der Waals surface area contributed by atoms with E-state index in [0.717, 1.165) is 32.1 Å². The molecule has 3 aliphatic rings. The number of carbonyl (C=O) groups is 3. The molecule has 1 aromatic carbocycles. The summed E-state index contributed by atoms with van der Waals surface area (Å²) in [7, 11) is 0. The molecule has 7 nitrogen and oxygen atoms in total. The zero-order valence-corrected chi connectivity index (χ0v) is 18.1. The summed E-state index contributed by atoms with van der Waals surface area (Å²) in [6.07, 6.45) is 5.41. The van der Waals surface area contributed by atoms with Gasteiger partial charge in [0.1, 0.15) is 5.75 Å². The molecule has 0 radical (unpaired) electrons. The molecular weight excluding hydrogens is 406 g/mol. The second kappa shape index (κ2) is 8.94. The Kier molecular flexibility index (Phi) is 6.72. The smallest absolute Gasteiger partial charge is 0.265 e. The molecule has 1 aliphatic carbocycles. The molecule has 0 aromatic heterocycles. The number of benzene rings is 1. The lowest BCUT2D eigenvalue weighted by Gasteiger charge is -2.39. The molecule has 3 N–H and O–H groups in total. The van der Waals surface area contributed by atoms with E-state index in [-0.39, 0.29) is 35.9 Å². The van der Waals surface area contributed by atoms with Gasteiger partial charge in [0.15, 0.2) is 11.9 Å². The fourth-order valence-electron chi connectivity index (χ4n) is 4.65. The van der Waals surface area contributed by atoms with Crippen molar-refractivity contribution in [3.05, 3.63) is 23.8 Å². The summed E-state index contributed by atoms with van der Waals surface area (Å²) in [5.41, 5.74) is 6.78. The Labute approximate surface area is 183 Å². The Balaban J connectivity index is 0.00000256. The highest BCUT2D eigenvalue weighted by Crippen LogP contribution is 2.33. The van der Waals surface area contributed by atoms with E-state index >= 15 is 0 Å². The minimum atomic E-state index is -0.719. The van der Waals surface area contributed by atoms with E-state index in [2.05, 4.69) is 5.32 Å². The van der Waals surface area contributed by atoms with Crippen molar-refractivity contribution in [1.29, 1.82) is 0 Å². The van der Waals surface area contributed by atoms with Crippen LogP contribution in [0.25, 0.3) is 0 Å². The maximum absolute atomic E-state index is 13.0. The summed E-state index contributed by atoms with van der Waals surface area (Å²) in [6, 6.07) is 5.17. The van der Waals surface area contributed by atoms with Gasteiger partial charge >= 0.3 is 0 Å². The lowest BCUT2D eigenvalue weighted by Crippen LogP contribution is -2.57. The molecule has 2 fully saturated rings. The third kappa shape index (κ3) is 4.32. The summed E-state index contributed by atoms with van der Waals surface area (Å²) >= 11 is 0. The van der Waals surface area contributed by atoms with E-state index in [1.165, 1.54) is 0 Å². The van der Waals surface area contributed by atoms with Gasteiger partial charge in [-0.1, -0.05) is 19.3 Å². The molecule has 1 atom stereocenters. The van der Waals surface area contributed by atoms with Crippen LogP contribution in [0.2, 0.25) is 0 Å². The number of fused-ring (bicyclic) bond motifs is 1. The number of likely N-dealkylation sites (tertiary alicyclic amines) is 1. The zero-order chi connectivity index (χ0) is 20.6. The average molecular weight is 436 g/mol. The van der Waals surface area contributed by atoms with Crippen LogP contribution >= 0.6 is 12.4 Å². The Morgan fingerprint density at radius 3 is 2.50 bits per heavy atom. The van der Waals surface area contributed by atoms with Gasteiger partial charge < -0.3 is 20.7 Å². The van der Waals surface area contributed by atoms with Gasteiger partial charge in [0.2, 0.25) is 5.91 Å². The highest BCUT2D eigenvalue weighted by atomic mass is 35.5.